The van der Waals surface area contributed by atoms with Crippen LogP contribution in [0.15, 0.2) is 24.5 Å². The van der Waals surface area contributed by atoms with Crippen LogP contribution in [0.25, 0.3) is 0 Å². The summed E-state index contributed by atoms with van der Waals surface area (Å²) in [6, 6.07) is 3.85. The summed E-state index contributed by atoms with van der Waals surface area (Å²) < 4.78 is 1.85. The van der Waals surface area contributed by atoms with Crippen LogP contribution in [0.4, 0.5) is 0 Å². The zero-order valence-corrected chi connectivity index (χ0v) is 5.12. The molecule has 2 heteroatoms. The van der Waals surface area contributed by atoms with E-state index in [1.54, 1.807) is 0 Å². The fraction of sp³-hybridized carbons (Fsp3) is 0.429. The van der Waals surface area contributed by atoms with Crippen molar-refractivity contribution in [3.05, 3.63) is 24.5 Å². The van der Waals surface area contributed by atoms with Gasteiger partial charge in [0, 0.05) is 12.4 Å². The van der Waals surface area contributed by atoms with Crippen LogP contribution in [0.1, 0.15) is 12.8 Å². The molecule has 0 saturated heterocycles. The van der Waals surface area contributed by atoms with E-state index in [9.17, 15) is 5.11 Å². The van der Waals surface area contributed by atoms with Gasteiger partial charge in [0.25, 0.3) is 0 Å². The molecule has 1 heterocycles. The van der Waals surface area contributed by atoms with Gasteiger partial charge >= 0.3 is 0 Å². The minimum Gasteiger partial charge on any atom is -0.371 e. The molecule has 0 radical (unpaired) electrons. The average Bonchev–Trinajstić information content (AvgIpc) is 2.46. The average molecular weight is 123 g/mol. The van der Waals surface area contributed by atoms with E-state index in [0.717, 1.165) is 12.8 Å². The zero-order chi connectivity index (χ0) is 6.32. The highest BCUT2D eigenvalue weighted by molar-refractivity contribution is 5.00. The van der Waals surface area contributed by atoms with Crippen LogP contribution < -0.4 is 0 Å². The summed E-state index contributed by atoms with van der Waals surface area (Å²) in [6.45, 7) is 0. The second kappa shape index (κ2) is 1.39. The lowest BCUT2D eigenvalue weighted by molar-refractivity contribution is 0.0740. The van der Waals surface area contributed by atoms with Crippen LogP contribution >= 0.6 is 0 Å². The smallest absolute Gasteiger partial charge is 0.141 e. The van der Waals surface area contributed by atoms with Gasteiger partial charge in [-0.05, 0) is 25.0 Å². The van der Waals surface area contributed by atoms with E-state index in [-0.39, 0.29) is 0 Å². The van der Waals surface area contributed by atoms with E-state index in [4.69, 9.17) is 0 Å². The molecule has 1 fully saturated rings. The SMILES string of the molecule is OC1(n2cccc2)CC1. The maximum atomic E-state index is 9.45. The number of rotatable bonds is 1. The molecule has 1 N–H and O–H groups in total. The first kappa shape index (κ1) is 5.06. The lowest BCUT2D eigenvalue weighted by atomic mass is 10.6. The molecule has 48 valence electrons. The first-order valence-electron chi connectivity index (χ1n) is 3.17. The fourth-order valence-corrected chi connectivity index (χ4v) is 0.982. The van der Waals surface area contributed by atoms with Crippen LogP contribution in [-0.2, 0) is 5.72 Å². The van der Waals surface area contributed by atoms with E-state index in [1.807, 2.05) is 29.1 Å². The van der Waals surface area contributed by atoms with Crippen LogP contribution in [0.5, 0.6) is 0 Å². The molecule has 0 amide bonds. The first-order valence-corrected chi connectivity index (χ1v) is 3.17. The molecule has 1 aromatic rings. The van der Waals surface area contributed by atoms with Gasteiger partial charge in [0.2, 0.25) is 0 Å². The summed E-state index contributed by atoms with van der Waals surface area (Å²) in [5, 5.41) is 9.45. The molecule has 0 bridgehead atoms. The van der Waals surface area contributed by atoms with Crippen molar-refractivity contribution in [1.29, 1.82) is 0 Å². The minimum absolute atomic E-state index is 0.510. The molecule has 0 unspecified atom stereocenters. The Balaban J connectivity index is 2.34. The van der Waals surface area contributed by atoms with Gasteiger partial charge in [-0.2, -0.15) is 0 Å². The second-order valence-electron chi connectivity index (χ2n) is 2.57. The summed E-state index contributed by atoms with van der Waals surface area (Å²) in [6.07, 6.45) is 5.60. The Morgan fingerprint density at radius 3 is 2.22 bits per heavy atom. The van der Waals surface area contributed by atoms with Gasteiger partial charge in [-0.1, -0.05) is 0 Å². The van der Waals surface area contributed by atoms with Gasteiger partial charge in [0.1, 0.15) is 5.72 Å². The third-order valence-electron chi connectivity index (χ3n) is 1.78. The molecule has 1 aliphatic carbocycles. The molecule has 1 aliphatic rings. The topological polar surface area (TPSA) is 25.2 Å². The maximum Gasteiger partial charge on any atom is 0.141 e. The quantitative estimate of drug-likeness (QED) is 0.590. The minimum atomic E-state index is -0.510. The molecule has 2 rings (SSSR count). The Labute approximate surface area is 53.7 Å². The van der Waals surface area contributed by atoms with Crippen molar-refractivity contribution in [3.63, 3.8) is 0 Å². The van der Waals surface area contributed by atoms with Crippen LogP contribution in [0.2, 0.25) is 0 Å². The first-order chi connectivity index (χ1) is 4.31. The Morgan fingerprint density at radius 1 is 1.22 bits per heavy atom. The highest BCUT2D eigenvalue weighted by atomic mass is 16.3. The van der Waals surface area contributed by atoms with Gasteiger partial charge in [-0.3, -0.25) is 0 Å². The van der Waals surface area contributed by atoms with E-state index >= 15 is 0 Å². The van der Waals surface area contributed by atoms with Crippen LogP contribution in [0, 0.1) is 0 Å². The predicted molar refractivity (Wildman–Crippen MR) is 33.9 cm³/mol. The summed E-state index contributed by atoms with van der Waals surface area (Å²) in [4.78, 5) is 0. The number of aromatic nitrogens is 1. The van der Waals surface area contributed by atoms with Crippen molar-refractivity contribution >= 4 is 0 Å². The fourth-order valence-electron chi connectivity index (χ4n) is 0.982. The van der Waals surface area contributed by atoms with Crippen molar-refractivity contribution < 1.29 is 5.11 Å². The summed E-state index contributed by atoms with van der Waals surface area (Å²) in [5.41, 5.74) is -0.510. The van der Waals surface area contributed by atoms with E-state index < -0.39 is 5.72 Å². The van der Waals surface area contributed by atoms with Crippen molar-refractivity contribution in [3.8, 4) is 0 Å². The summed E-state index contributed by atoms with van der Waals surface area (Å²) in [7, 11) is 0. The maximum absolute atomic E-state index is 9.45. The van der Waals surface area contributed by atoms with Crippen molar-refractivity contribution in [2.24, 2.45) is 0 Å². The normalized spacial score (nSPS) is 21.9. The molecule has 0 aliphatic heterocycles. The second-order valence-corrected chi connectivity index (χ2v) is 2.57. The van der Waals surface area contributed by atoms with Crippen LogP contribution in [-0.4, -0.2) is 9.67 Å². The Morgan fingerprint density at radius 2 is 1.78 bits per heavy atom. The Kier molecular flexibility index (Phi) is 0.781. The lowest BCUT2D eigenvalue weighted by Crippen LogP contribution is -2.12. The monoisotopic (exact) mass is 123 g/mol. The van der Waals surface area contributed by atoms with E-state index in [2.05, 4.69) is 0 Å². The molecular weight excluding hydrogens is 114 g/mol. The van der Waals surface area contributed by atoms with E-state index in [1.165, 1.54) is 0 Å². The molecule has 2 nitrogen and oxygen atoms in total. The number of hydrogen-bond acceptors (Lipinski definition) is 1. The molecular formula is C7H9NO. The largest absolute Gasteiger partial charge is 0.371 e. The van der Waals surface area contributed by atoms with Crippen molar-refractivity contribution in [1.82, 2.24) is 4.57 Å². The van der Waals surface area contributed by atoms with Crippen molar-refractivity contribution in [2.75, 3.05) is 0 Å². The molecule has 0 aromatic carbocycles. The summed E-state index contributed by atoms with van der Waals surface area (Å²) in [5.74, 6) is 0. The molecule has 1 aromatic heterocycles. The highest BCUT2D eigenvalue weighted by Crippen LogP contribution is 2.39. The third kappa shape index (κ3) is 0.669. The molecule has 1 saturated carbocycles. The van der Waals surface area contributed by atoms with Crippen LogP contribution in [0.3, 0.4) is 0 Å². The lowest BCUT2D eigenvalue weighted by Gasteiger charge is -2.07. The zero-order valence-electron chi connectivity index (χ0n) is 5.12. The predicted octanol–water partition coefficient (Wildman–Crippen LogP) is 0.927. The van der Waals surface area contributed by atoms with E-state index in [0.29, 0.717) is 0 Å². The number of hydrogen-bond donors (Lipinski definition) is 1. The number of aliphatic hydroxyl groups is 1. The Bertz CT molecular complexity index is 199. The third-order valence-corrected chi connectivity index (χ3v) is 1.78. The van der Waals surface area contributed by atoms with Gasteiger partial charge < -0.3 is 9.67 Å². The van der Waals surface area contributed by atoms with Gasteiger partial charge in [-0.25, -0.2) is 0 Å². The van der Waals surface area contributed by atoms with Crippen molar-refractivity contribution in [2.45, 2.75) is 18.6 Å². The molecule has 0 spiro atoms. The highest BCUT2D eigenvalue weighted by Gasteiger charge is 2.41. The standard InChI is InChI=1S/C7H9NO/c9-7(3-4-7)8-5-1-2-6-8/h1-2,5-6,9H,3-4H2. The Hall–Kier alpha value is -0.760. The van der Waals surface area contributed by atoms with Gasteiger partial charge in [0.15, 0.2) is 0 Å². The molecule has 0 atom stereocenters. The molecule has 9 heavy (non-hydrogen) atoms. The van der Waals surface area contributed by atoms with Gasteiger partial charge in [0.05, 0.1) is 0 Å². The summed E-state index contributed by atoms with van der Waals surface area (Å²) >= 11 is 0. The number of nitrogens with zero attached hydrogens (tertiary/aromatic N) is 1. The van der Waals surface area contributed by atoms with Gasteiger partial charge in [-0.15, -0.1) is 0 Å².